The molecule has 1 heterocycles. The second-order valence-corrected chi connectivity index (χ2v) is 8.93. The van der Waals surface area contributed by atoms with Gasteiger partial charge in [0.2, 0.25) is 10.0 Å². The first-order chi connectivity index (χ1) is 12.6. The van der Waals surface area contributed by atoms with Gasteiger partial charge in [0.15, 0.2) is 0 Å². The standard InChI is InChI=1S/C19H21ClN2O4S/c1-12-6-7-22(11-12)17-9-14(19(23)24)10-18(27(21,25)26)16(17)8-13-2-4-15(20)5-3-13/h2-5,9-10,12H,6-8,11H2,1H3,(H,23,24)(H2,21,25,26). The number of nitrogens with two attached hydrogens (primary N) is 1. The highest BCUT2D eigenvalue weighted by molar-refractivity contribution is 7.89. The van der Waals surface area contributed by atoms with E-state index in [0.717, 1.165) is 31.1 Å². The summed E-state index contributed by atoms with van der Waals surface area (Å²) in [5, 5.41) is 15.5. The Morgan fingerprint density at radius 2 is 1.96 bits per heavy atom. The minimum absolute atomic E-state index is 0.0894. The van der Waals surface area contributed by atoms with Gasteiger partial charge in [-0.1, -0.05) is 30.7 Å². The van der Waals surface area contributed by atoms with Crippen LogP contribution in [0.3, 0.4) is 0 Å². The Kier molecular flexibility index (Phi) is 5.46. The topological polar surface area (TPSA) is 101 Å². The molecule has 2 aromatic rings. The third kappa shape index (κ3) is 4.43. The number of carbonyl (C=O) groups is 1. The molecule has 0 aromatic heterocycles. The molecule has 0 spiro atoms. The highest BCUT2D eigenvalue weighted by Crippen LogP contribution is 2.34. The Balaban J connectivity index is 2.19. The summed E-state index contributed by atoms with van der Waals surface area (Å²) in [5.41, 5.74) is 1.89. The van der Waals surface area contributed by atoms with Gasteiger partial charge in [-0.2, -0.15) is 0 Å². The van der Waals surface area contributed by atoms with Crippen molar-refractivity contribution in [3.8, 4) is 0 Å². The number of primary sulfonamides is 1. The van der Waals surface area contributed by atoms with Crippen molar-refractivity contribution in [1.82, 2.24) is 0 Å². The molecule has 0 bridgehead atoms. The summed E-state index contributed by atoms with van der Waals surface area (Å²) in [5.74, 6) is -0.744. The van der Waals surface area contributed by atoms with E-state index in [1.54, 1.807) is 18.2 Å². The smallest absolute Gasteiger partial charge is 0.335 e. The number of carboxylic acids is 1. The number of nitrogens with zero attached hydrogens (tertiary/aromatic N) is 1. The van der Waals surface area contributed by atoms with Crippen LogP contribution in [-0.2, 0) is 16.4 Å². The number of hydrogen-bond donors (Lipinski definition) is 2. The highest BCUT2D eigenvalue weighted by atomic mass is 35.5. The first-order valence-corrected chi connectivity index (χ1v) is 10.5. The van der Waals surface area contributed by atoms with E-state index in [9.17, 15) is 18.3 Å². The van der Waals surface area contributed by atoms with Crippen LogP contribution in [0.5, 0.6) is 0 Å². The van der Waals surface area contributed by atoms with E-state index in [0.29, 0.717) is 28.6 Å². The number of aromatic carboxylic acids is 1. The van der Waals surface area contributed by atoms with Crippen LogP contribution in [0.4, 0.5) is 5.69 Å². The monoisotopic (exact) mass is 408 g/mol. The average Bonchev–Trinajstić information content (AvgIpc) is 3.02. The van der Waals surface area contributed by atoms with E-state index in [-0.39, 0.29) is 10.5 Å². The molecule has 8 heteroatoms. The predicted octanol–water partition coefficient (Wildman–Crippen LogP) is 3.12. The molecule has 0 radical (unpaired) electrons. The van der Waals surface area contributed by atoms with Gasteiger partial charge in [-0.3, -0.25) is 0 Å². The highest BCUT2D eigenvalue weighted by Gasteiger charge is 2.27. The van der Waals surface area contributed by atoms with Crippen molar-refractivity contribution in [2.75, 3.05) is 18.0 Å². The fraction of sp³-hybridized carbons (Fsp3) is 0.316. The molecule has 3 rings (SSSR count). The number of benzene rings is 2. The number of halogens is 1. The fourth-order valence-corrected chi connectivity index (χ4v) is 4.37. The van der Waals surface area contributed by atoms with Crippen LogP contribution in [0.1, 0.15) is 34.8 Å². The summed E-state index contributed by atoms with van der Waals surface area (Å²) in [6.07, 6.45) is 1.27. The summed E-state index contributed by atoms with van der Waals surface area (Å²) in [6, 6.07) is 9.78. The Bertz CT molecular complexity index is 974. The van der Waals surface area contributed by atoms with Gasteiger partial charge >= 0.3 is 5.97 Å². The Morgan fingerprint density at radius 1 is 1.30 bits per heavy atom. The molecule has 0 saturated carbocycles. The van der Waals surface area contributed by atoms with Crippen LogP contribution in [0, 0.1) is 5.92 Å². The second-order valence-electron chi connectivity index (χ2n) is 6.97. The van der Waals surface area contributed by atoms with Crippen molar-refractivity contribution in [2.45, 2.75) is 24.7 Å². The number of rotatable bonds is 5. The van der Waals surface area contributed by atoms with Gasteiger partial charge in [0, 0.05) is 30.2 Å². The predicted molar refractivity (Wildman–Crippen MR) is 105 cm³/mol. The lowest BCUT2D eigenvalue weighted by molar-refractivity contribution is 0.0696. The molecule has 1 unspecified atom stereocenters. The van der Waals surface area contributed by atoms with Crippen LogP contribution >= 0.6 is 11.6 Å². The molecule has 1 fully saturated rings. The average molecular weight is 409 g/mol. The normalized spacial score (nSPS) is 17.3. The van der Waals surface area contributed by atoms with Crippen molar-refractivity contribution >= 4 is 33.3 Å². The third-order valence-electron chi connectivity index (χ3n) is 4.80. The molecule has 1 aliphatic heterocycles. The molecule has 27 heavy (non-hydrogen) atoms. The molecule has 1 atom stereocenters. The van der Waals surface area contributed by atoms with E-state index in [1.807, 2.05) is 17.0 Å². The van der Waals surface area contributed by atoms with Crippen molar-refractivity contribution in [1.29, 1.82) is 0 Å². The summed E-state index contributed by atoms with van der Waals surface area (Å²) in [7, 11) is -4.10. The minimum atomic E-state index is -4.10. The molecule has 2 aromatic carbocycles. The van der Waals surface area contributed by atoms with Crippen molar-refractivity contribution in [3.63, 3.8) is 0 Å². The maximum atomic E-state index is 12.2. The van der Waals surface area contributed by atoms with Gasteiger partial charge in [0.1, 0.15) is 0 Å². The zero-order valence-electron chi connectivity index (χ0n) is 14.9. The Hall–Kier alpha value is -2.09. The molecule has 3 N–H and O–H groups in total. The molecule has 6 nitrogen and oxygen atoms in total. The lowest BCUT2D eigenvalue weighted by Crippen LogP contribution is -2.24. The fourth-order valence-electron chi connectivity index (χ4n) is 3.43. The largest absolute Gasteiger partial charge is 0.478 e. The van der Waals surface area contributed by atoms with Gasteiger partial charge < -0.3 is 10.0 Å². The van der Waals surface area contributed by atoms with E-state index in [1.165, 1.54) is 0 Å². The van der Waals surface area contributed by atoms with Gasteiger partial charge in [-0.25, -0.2) is 18.4 Å². The summed E-state index contributed by atoms with van der Waals surface area (Å²) < 4.78 is 24.5. The summed E-state index contributed by atoms with van der Waals surface area (Å²) >= 11 is 5.94. The molecular formula is C19H21ClN2O4S. The number of sulfonamides is 1. The maximum Gasteiger partial charge on any atom is 0.335 e. The second kappa shape index (κ2) is 7.50. The van der Waals surface area contributed by atoms with Gasteiger partial charge in [0.05, 0.1) is 10.5 Å². The summed E-state index contributed by atoms with van der Waals surface area (Å²) in [6.45, 7) is 3.59. The van der Waals surface area contributed by atoms with Crippen LogP contribution < -0.4 is 10.0 Å². The van der Waals surface area contributed by atoms with E-state index in [4.69, 9.17) is 16.7 Å². The minimum Gasteiger partial charge on any atom is -0.478 e. The number of hydrogen-bond acceptors (Lipinski definition) is 4. The zero-order valence-corrected chi connectivity index (χ0v) is 16.4. The van der Waals surface area contributed by atoms with Crippen molar-refractivity contribution < 1.29 is 18.3 Å². The zero-order chi connectivity index (χ0) is 19.8. The first kappa shape index (κ1) is 19.7. The van der Waals surface area contributed by atoms with Gasteiger partial charge in [-0.05, 0) is 47.7 Å². The molecule has 1 saturated heterocycles. The van der Waals surface area contributed by atoms with Crippen molar-refractivity contribution in [3.05, 3.63) is 58.1 Å². The maximum absolute atomic E-state index is 12.2. The Morgan fingerprint density at radius 3 is 2.48 bits per heavy atom. The van der Waals surface area contributed by atoms with Crippen molar-refractivity contribution in [2.24, 2.45) is 11.1 Å². The van der Waals surface area contributed by atoms with Crippen LogP contribution in [0.2, 0.25) is 5.02 Å². The summed E-state index contributed by atoms with van der Waals surface area (Å²) in [4.78, 5) is 13.4. The lowest BCUT2D eigenvalue weighted by Gasteiger charge is -2.24. The molecule has 0 amide bonds. The Labute approximate surface area is 163 Å². The molecule has 144 valence electrons. The third-order valence-corrected chi connectivity index (χ3v) is 6.03. The van der Waals surface area contributed by atoms with Gasteiger partial charge in [0.25, 0.3) is 0 Å². The van der Waals surface area contributed by atoms with E-state index in [2.05, 4.69) is 6.92 Å². The van der Waals surface area contributed by atoms with Crippen LogP contribution in [-0.4, -0.2) is 32.6 Å². The van der Waals surface area contributed by atoms with E-state index < -0.39 is 16.0 Å². The lowest BCUT2D eigenvalue weighted by atomic mass is 10.00. The van der Waals surface area contributed by atoms with E-state index >= 15 is 0 Å². The molecule has 1 aliphatic rings. The quantitative estimate of drug-likeness (QED) is 0.791. The van der Waals surface area contributed by atoms with Crippen LogP contribution in [0.15, 0.2) is 41.3 Å². The van der Waals surface area contributed by atoms with Gasteiger partial charge in [-0.15, -0.1) is 0 Å². The number of anilines is 1. The van der Waals surface area contributed by atoms with Crippen LogP contribution in [0.25, 0.3) is 0 Å². The number of carboxylic acid groups (broad SMARTS) is 1. The SMILES string of the molecule is CC1CCN(c2cc(C(=O)O)cc(S(N)(=O)=O)c2Cc2ccc(Cl)cc2)C1. The first-order valence-electron chi connectivity index (χ1n) is 8.57. The molecular weight excluding hydrogens is 388 g/mol. The molecule has 0 aliphatic carbocycles.